The highest BCUT2D eigenvalue weighted by Gasteiger charge is 2.36. The zero-order valence-corrected chi connectivity index (χ0v) is 15.0. The Morgan fingerprint density at radius 3 is 2.67 bits per heavy atom. The van der Waals surface area contributed by atoms with Crippen molar-refractivity contribution in [3.8, 4) is 11.5 Å². The van der Waals surface area contributed by atoms with Crippen molar-refractivity contribution in [2.45, 2.75) is 19.8 Å². The molecule has 3 rings (SSSR count). The third-order valence-corrected chi connectivity index (χ3v) is 4.31. The number of benzene rings is 1. The second-order valence-electron chi connectivity index (χ2n) is 5.95. The fraction of sp³-hybridized carbons (Fsp3) is 0.278. The number of anilines is 1. The average Bonchev–Trinajstić information content (AvgIpc) is 2.60. The number of carbonyl (C=O) groups excluding carboxylic acids is 1. The molecule has 0 unspecified atom stereocenters. The lowest BCUT2D eigenvalue weighted by Crippen LogP contribution is -2.35. The summed E-state index contributed by atoms with van der Waals surface area (Å²) in [5.41, 5.74) is 0.0606. The number of carbonyl (C=O) groups is 1. The topological polar surface area (TPSA) is 134 Å². The predicted molar refractivity (Wildman–Crippen MR) is 97.1 cm³/mol. The zero-order valence-electron chi connectivity index (χ0n) is 15.0. The molecule has 0 bridgehead atoms. The Morgan fingerprint density at radius 1 is 1.26 bits per heavy atom. The normalized spacial score (nSPS) is 15.7. The van der Waals surface area contributed by atoms with Crippen molar-refractivity contribution in [3.05, 3.63) is 61.4 Å². The van der Waals surface area contributed by atoms with Crippen molar-refractivity contribution >= 4 is 11.8 Å². The second-order valence-corrected chi connectivity index (χ2v) is 5.95. The molecule has 4 N–H and O–H groups in total. The summed E-state index contributed by atoms with van der Waals surface area (Å²) < 4.78 is 10.3. The highest BCUT2D eigenvalue weighted by atomic mass is 16.5. The number of aromatic nitrogens is 2. The number of nitrogens with one attached hydrogen (secondary N) is 3. The molecule has 9 heteroatoms. The Morgan fingerprint density at radius 2 is 2.00 bits per heavy atom. The Balaban J connectivity index is 2.30. The van der Waals surface area contributed by atoms with E-state index in [9.17, 15) is 19.5 Å². The lowest BCUT2D eigenvalue weighted by Gasteiger charge is -2.28. The molecule has 2 aromatic rings. The number of hydrogen-bond acceptors (Lipinski definition) is 7. The van der Waals surface area contributed by atoms with E-state index in [4.69, 9.17) is 9.47 Å². The van der Waals surface area contributed by atoms with E-state index in [0.717, 1.165) is 0 Å². The molecule has 1 aliphatic rings. The zero-order chi connectivity index (χ0) is 19.7. The van der Waals surface area contributed by atoms with Crippen LogP contribution in [0.15, 0.2) is 39.1 Å². The van der Waals surface area contributed by atoms with Gasteiger partial charge in [-0.2, -0.15) is 0 Å². The van der Waals surface area contributed by atoms with E-state index in [1.54, 1.807) is 19.9 Å². The number of aromatic amines is 2. The molecule has 27 heavy (non-hydrogen) atoms. The van der Waals surface area contributed by atoms with Crippen LogP contribution in [0.1, 0.15) is 30.9 Å². The third-order valence-electron chi connectivity index (χ3n) is 4.31. The molecule has 142 valence electrons. The number of allylic oxidation sites excluding steroid dienone is 1. The SMILES string of the molecule is CCOC(=O)C1=C(C)Nc2[nH]c(=O)[nH]c(=O)c2[C@@H]1c1ccc(O)c(OC)c1. The van der Waals surface area contributed by atoms with Gasteiger partial charge >= 0.3 is 11.7 Å². The number of phenolic OH excluding ortho intramolecular Hbond substituents is 1. The van der Waals surface area contributed by atoms with Gasteiger partial charge in [0.1, 0.15) is 5.82 Å². The number of methoxy groups -OCH3 is 1. The summed E-state index contributed by atoms with van der Waals surface area (Å²) in [4.78, 5) is 41.6. The molecule has 2 heterocycles. The van der Waals surface area contributed by atoms with Gasteiger partial charge in [0, 0.05) is 5.70 Å². The number of H-pyrrole nitrogens is 2. The van der Waals surface area contributed by atoms with Gasteiger partial charge in [0.15, 0.2) is 11.5 Å². The van der Waals surface area contributed by atoms with Crippen molar-refractivity contribution in [2.75, 3.05) is 19.0 Å². The largest absolute Gasteiger partial charge is 0.504 e. The minimum absolute atomic E-state index is 0.0795. The van der Waals surface area contributed by atoms with Crippen molar-refractivity contribution in [1.29, 1.82) is 0 Å². The summed E-state index contributed by atoms with van der Waals surface area (Å²) in [6.45, 7) is 3.50. The maximum absolute atomic E-state index is 12.6. The molecule has 0 saturated carbocycles. The molecule has 0 saturated heterocycles. The smallest absolute Gasteiger partial charge is 0.336 e. The fourth-order valence-corrected chi connectivity index (χ4v) is 3.17. The van der Waals surface area contributed by atoms with Gasteiger partial charge < -0.3 is 19.9 Å². The first kappa shape index (κ1) is 18.3. The van der Waals surface area contributed by atoms with Gasteiger partial charge in [0.2, 0.25) is 0 Å². The van der Waals surface area contributed by atoms with E-state index in [0.29, 0.717) is 11.3 Å². The highest BCUT2D eigenvalue weighted by molar-refractivity contribution is 5.94. The van der Waals surface area contributed by atoms with Crippen LogP contribution in [-0.4, -0.2) is 34.8 Å². The minimum atomic E-state index is -0.824. The molecule has 9 nitrogen and oxygen atoms in total. The van der Waals surface area contributed by atoms with Crippen LogP contribution in [0.25, 0.3) is 0 Å². The van der Waals surface area contributed by atoms with E-state index in [2.05, 4.69) is 15.3 Å². The molecule has 0 aliphatic carbocycles. The van der Waals surface area contributed by atoms with Crippen LogP contribution in [-0.2, 0) is 9.53 Å². The first-order chi connectivity index (χ1) is 12.9. The number of ether oxygens (including phenoxy) is 2. The standard InChI is InChI=1S/C18H19N3O6/c1-4-27-17(24)12-8(2)19-15-14(16(23)21-18(25)20-15)13(12)9-5-6-10(22)11(7-9)26-3/h5-7,13,22H,4H2,1-3H3,(H3,19,20,21,23,25)/t13-/m1/s1. The quantitative estimate of drug-likeness (QED) is 0.591. The van der Waals surface area contributed by atoms with Crippen LogP contribution in [0.3, 0.4) is 0 Å². The maximum Gasteiger partial charge on any atom is 0.336 e. The Labute approximate surface area is 153 Å². The molecule has 0 spiro atoms. The number of rotatable bonds is 4. The summed E-state index contributed by atoms with van der Waals surface area (Å²) in [5, 5.41) is 12.8. The fourth-order valence-electron chi connectivity index (χ4n) is 3.17. The van der Waals surface area contributed by atoms with Gasteiger partial charge in [-0.15, -0.1) is 0 Å². The Hall–Kier alpha value is -3.49. The lowest BCUT2D eigenvalue weighted by atomic mass is 9.82. The van der Waals surface area contributed by atoms with E-state index in [-0.39, 0.29) is 35.1 Å². The summed E-state index contributed by atoms with van der Waals surface area (Å²) >= 11 is 0. The summed E-state index contributed by atoms with van der Waals surface area (Å²) in [6, 6.07) is 4.52. The summed E-state index contributed by atoms with van der Waals surface area (Å²) in [7, 11) is 1.40. The maximum atomic E-state index is 12.6. The molecule has 0 amide bonds. The van der Waals surface area contributed by atoms with E-state index in [1.165, 1.54) is 19.2 Å². The van der Waals surface area contributed by atoms with E-state index < -0.39 is 23.1 Å². The highest BCUT2D eigenvalue weighted by Crippen LogP contribution is 2.41. The average molecular weight is 373 g/mol. The van der Waals surface area contributed by atoms with Gasteiger partial charge in [-0.1, -0.05) is 6.07 Å². The monoisotopic (exact) mass is 373 g/mol. The van der Waals surface area contributed by atoms with Gasteiger partial charge in [0.25, 0.3) is 5.56 Å². The van der Waals surface area contributed by atoms with Crippen LogP contribution in [0, 0.1) is 0 Å². The molecule has 0 fully saturated rings. The number of phenols is 1. The van der Waals surface area contributed by atoms with E-state index in [1.807, 2.05) is 0 Å². The number of esters is 1. The van der Waals surface area contributed by atoms with Crippen LogP contribution in [0.4, 0.5) is 5.82 Å². The van der Waals surface area contributed by atoms with E-state index >= 15 is 0 Å². The molecule has 1 atom stereocenters. The van der Waals surface area contributed by atoms with Crippen LogP contribution >= 0.6 is 0 Å². The summed E-state index contributed by atoms with van der Waals surface area (Å²) in [5.74, 6) is -1.10. The second kappa shape index (κ2) is 7.02. The first-order valence-electron chi connectivity index (χ1n) is 8.25. The molecular formula is C18H19N3O6. The first-order valence-corrected chi connectivity index (χ1v) is 8.25. The number of aromatic hydroxyl groups is 1. The van der Waals surface area contributed by atoms with Crippen LogP contribution in [0.5, 0.6) is 11.5 Å². The molecule has 1 aliphatic heterocycles. The number of hydrogen-bond donors (Lipinski definition) is 4. The summed E-state index contributed by atoms with van der Waals surface area (Å²) in [6.07, 6.45) is 0. The van der Waals surface area contributed by atoms with Crippen molar-refractivity contribution in [2.24, 2.45) is 0 Å². The molecule has 1 aromatic carbocycles. The molecular weight excluding hydrogens is 354 g/mol. The van der Waals surface area contributed by atoms with Gasteiger partial charge in [-0.25, -0.2) is 9.59 Å². The Bertz CT molecular complexity index is 1050. The van der Waals surface area contributed by atoms with Crippen molar-refractivity contribution in [1.82, 2.24) is 9.97 Å². The number of fused-ring (bicyclic) bond motifs is 1. The van der Waals surface area contributed by atoms with Crippen LogP contribution < -0.4 is 21.3 Å². The van der Waals surface area contributed by atoms with Crippen molar-refractivity contribution < 1.29 is 19.4 Å². The lowest BCUT2D eigenvalue weighted by molar-refractivity contribution is -0.138. The van der Waals surface area contributed by atoms with Crippen molar-refractivity contribution in [3.63, 3.8) is 0 Å². The predicted octanol–water partition coefficient (Wildman–Crippen LogP) is 1.17. The van der Waals surface area contributed by atoms with Gasteiger partial charge in [-0.3, -0.25) is 14.8 Å². The minimum Gasteiger partial charge on any atom is -0.504 e. The van der Waals surface area contributed by atoms with Gasteiger partial charge in [0.05, 0.1) is 30.8 Å². The third kappa shape index (κ3) is 3.19. The Kier molecular flexibility index (Phi) is 4.76. The van der Waals surface area contributed by atoms with Crippen LogP contribution in [0.2, 0.25) is 0 Å². The molecule has 0 radical (unpaired) electrons. The van der Waals surface area contributed by atoms with Gasteiger partial charge in [-0.05, 0) is 31.5 Å². The molecule has 1 aromatic heterocycles.